The van der Waals surface area contributed by atoms with Crippen LogP contribution in [-0.2, 0) is 4.74 Å². The standard InChI is InChI=1S/C7H10NO2S/c1-10-7(9)8-6-4-2-3-5-11-6/h2H,3-5H2,1H3. The highest BCUT2D eigenvalue weighted by atomic mass is 32.2. The third-order valence-electron chi connectivity index (χ3n) is 1.30. The number of rotatable bonds is 0. The first kappa shape index (κ1) is 8.59. The van der Waals surface area contributed by atoms with Crippen molar-refractivity contribution in [2.75, 3.05) is 12.9 Å². The molecule has 0 atom stereocenters. The number of aliphatic imine (C=N–C) groups is 1. The van der Waals surface area contributed by atoms with Crippen LogP contribution >= 0.6 is 11.8 Å². The zero-order valence-corrected chi connectivity index (χ0v) is 7.19. The number of amides is 1. The van der Waals surface area contributed by atoms with E-state index in [4.69, 9.17) is 0 Å². The van der Waals surface area contributed by atoms with Crippen molar-refractivity contribution in [3.8, 4) is 0 Å². The summed E-state index contributed by atoms with van der Waals surface area (Å²) in [6, 6.07) is 0. The van der Waals surface area contributed by atoms with Crippen LogP contribution in [0.3, 0.4) is 0 Å². The summed E-state index contributed by atoms with van der Waals surface area (Å²) < 4.78 is 4.40. The van der Waals surface area contributed by atoms with Crippen molar-refractivity contribution in [2.24, 2.45) is 4.99 Å². The van der Waals surface area contributed by atoms with Crippen LogP contribution in [0, 0.1) is 6.42 Å². The lowest BCUT2D eigenvalue weighted by atomic mass is 10.2. The van der Waals surface area contributed by atoms with Crippen molar-refractivity contribution in [3.05, 3.63) is 6.42 Å². The zero-order valence-electron chi connectivity index (χ0n) is 6.37. The van der Waals surface area contributed by atoms with Gasteiger partial charge in [-0.05, 0) is 25.0 Å². The molecule has 0 aromatic heterocycles. The number of carbonyl (C=O) groups excluding carboxylic acids is 1. The minimum absolute atomic E-state index is 0.497. The van der Waals surface area contributed by atoms with Crippen LogP contribution in [0.1, 0.15) is 12.8 Å². The van der Waals surface area contributed by atoms with E-state index in [1.54, 1.807) is 11.8 Å². The second-order valence-corrected chi connectivity index (χ2v) is 3.27. The Balaban J connectivity index is 2.43. The number of carbonyl (C=O) groups is 1. The van der Waals surface area contributed by atoms with E-state index >= 15 is 0 Å². The van der Waals surface area contributed by atoms with Gasteiger partial charge in [0, 0.05) is 0 Å². The Kier molecular flexibility index (Phi) is 3.42. The second kappa shape index (κ2) is 4.38. The van der Waals surface area contributed by atoms with Gasteiger partial charge in [-0.25, -0.2) is 4.79 Å². The van der Waals surface area contributed by atoms with Gasteiger partial charge in [0.15, 0.2) is 0 Å². The average Bonchev–Trinajstić information content (AvgIpc) is 2.06. The Hall–Kier alpha value is -0.510. The number of nitrogens with zero attached hydrogens (tertiary/aromatic N) is 1. The first-order valence-electron chi connectivity index (χ1n) is 3.43. The van der Waals surface area contributed by atoms with Crippen LogP contribution in [0.25, 0.3) is 0 Å². The van der Waals surface area contributed by atoms with Gasteiger partial charge in [-0.15, -0.1) is 11.8 Å². The summed E-state index contributed by atoms with van der Waals surface area (Å²) in [6.45, 7) is 0. The number of ether oxygens (including phenoxy) is 1. The van der Waals surface area contributed by atoms with Gasteiger partial charge < -0.3 is 4.74 Å². The highest BCUT2D eigenvalue weighted by Crippen LogP contribution is 2.19. The number of methoxy groups -OCH3 is 1. The van der Waals surface area contributed by atoms with Crippen molar-refractivity contribution in [3.63, 3.8) is 0 Å². The maximum atomic E-state index is 10.6. The molecule has 1 radical (unpaired) electrons. The summed E-state index contributed by atoms with van der Waals surface area (Å²) in [5.74, 6) is 1.02. The Morgan fingerprint density at radius 2 is 2.64 bits per heavy atom. The van der Waals surface area contributed by atoms with Crippen molar-refractivity contribution in [2.45, 2.75) is 12.8 Å². The molecule has 0 spiro atoms. The minimum atomic E-state index is -0.497. The van der Waals surface area contributed by atoms with E-state index < -0.39 is 6.09 Å². The van der Waals surface area contributed by atoms with Crippen LogP contribution in [-0.4, -0.2) is 24.0 Å². The van der Waals surface area contributed by atoms with Gasteiger partial charge in [-0.1, -0.05) is 0 Å². The molecule has 1 aliphatic rings. The van der Waals surface area contributed by atoms with Gasteiger partial charge in [-0.2, -0.15) is 4.99 Å². The average molecular weight is 172 g/mol. The van der Waals surface area contributed by atoms with Crippen molar-refractivity contribution >= 4 is 22.9 Å². The fraction of sp³-hybridized carbons (Fsp3) is 0.571. The van der Waals surface area contributed by atoms with E-state index in [2.05, 4.69) is 16.2 Å². The van der Waals surface area contributed by atoms with E-state index in [1.807, 2.05) is 0 Å². The molecule has 0 saturated carbocycles. The lowest BCUT2D eigenvalue weighted by Crippen LogP contribution is -2.05. The number of hydrogen-bond donors (Lipinski definition) is 0. The molecule has 0 aromatic rings. The fourth-order valence-corrected chi connectivity index (χ4v) is 1.66. The molecule has 0 bridgehead atoms. The maximum Gasteiger partial charge on any atom is 0.434 e. The number of hydrogen-bond acceptors (Lipinski definition) is 3. The van der Waals surface area contributed by atoms with Gasteiger partial charge in [0.1, 0.15) is 0 Å². The highest BCUT2D eigenvalue weighted by molar-refractivity contribution is 8.14. The Bertz CT molecular complexity index is 171. The SMILES string of the molecule is COC(=O)N=C1C[CH]CCS1. The Morgan fingerprint density at radius 1 is 1.82 bits per heavy atom. The van der Waals surface area contributed by atoms with Crippen LogP contribution < -0.4 is 0 Å². The lowest BCUT2D eigenvalue weighted by Gasteiger charge is -2.09. The molecule has 11 heavy (non-hydrogen) atoms. The van der Waals surface area contributed by atoms with Crippen molar-refractivity contribution in [1.82, 2.24) is 0 Å². The molecule has 1 aliphatic heterocycles. The molecule has 0 unspecified atom stereocenters. The predicted molar refractivity (Wildman–Crippen MR) is 45.8 cm³/mol. The van der Waals surface area contributed by atoms with Gasteiger partial charge in [0.2, 0.25) is 0 Å². The molecule has 1 fully saturated rings. The molecule has 3 nitrogen and oxygen atoms in total. The molecule has 0 N–H and O–H groups in total. The molecular formula is C7H10NO2S. The molecule has 61 valence electrons. The van der Waals surface area contributed by atoms with E-state index in [-0.39, 0.29) is 0 Å². The highest BCUT2D eigenvalue weighted by Gasteiger charge is 2.09. The van der Waals surface area contributed by atoms with E-state index in [0.717, 1.165) is 23.6 Å². The molecule has 1 rings (SSSR count). The molecular weight excluding hydrogens is 162 g/mol. The van der Waals surface area contributed by atoms with Crippen LogP contribution in [0.4, 0.5) is 4.79 Å². The number of thioether (sulfide) groups is 1. The van der Waals surface area contributed by atoms with Crippen LogP contribution in [0.5, 0.6) is 0 Å². The summed E-state index contributed by atoms with van der Waals surface area (Å²) in [7, 11) is 1.34. The van der Waals surface area contributed by atoms with E-state index in [0.29, 0.717) is 0 Å². The summed E-state index contributed by atoms with van der Waals surface area (Å²) in [6.07, 6.45) is 3.53. The zero-order chi connectivity index (χ0) is 8.10. The molecule has 0 aliphatic carbocycles. The van der Waals surface area contributed by atoms with Crippen molar-refractivity contribution in [1.29, 1.82) is 0 Å². The Labute approximate surface area is 70.2 Å². The van der Waals surface area contributed by atoms with E-state index in [9.17, 15) is 4.79 Å². The topological polar surface area (TPSA) is 38.7 Å². The van der Waals surface area contributed by atoms with Crippen molar-refractivity contribution < 1.29 is 9.53 Å². The summed E-state index contributed by atoms with van der Waals surface area (Å²) in [5, 5.41) is 0.864. The molecule has 1 saturated heterocycles. The third-order valence-corrected chi connectivity index (χ3v) is 2.33. The van der Waals surface area contributed by atoms with E-state index in [1.165, 1.54) is 7.11 Å². The normalized spacial score (nSPS) is 21.7. The summed E-state index contributed by atoms with van der Waals surface area (Å²) >= 11 is 1.62. The molecule has 4 heteroatoms. The molecule has 1 amide bonds. The quantitative estimate of drug-likeness (QED) is 0.560. The van der Waals surface area contributed by atoms with Gasteiger partial charge >= 0.3 is 6.09 Å². The first-order chi connectivity index (χ1) is 5.33. The Morgan fingerprint density at radius 3 is 3.18 bits per heavy atom. The fourth-order valence-electron chi connectivity index (χ4n) is 0.770. The summed E-state index contributed by atoms with van der Waals surface area (Å²) in [4.78, 5) is 14.4. The first-order valence-corrected chi connectivity index (χ1v) is 4.41. The monoisotopic (exact) mass is 172 g/mol. The second-order valence-electron chi connectivity index (χ2n) is 2.11. The van der Waals surface area contributed by atoms with Crippen LogP contribution in [0.15, 0.2) is 4.99 Å². The van der Waals surface area contributed by atoms with Gasteiger partial charge in [-0.3, -0.25) is 0 Å². The largest absolute Gasteiger partial charge is 0.451 e. The minimum Gasteiger partial charge on any atom is -0.451 e. The molecule has 0 aromatic carbocycles. The van der Waals surface area contributed by atoms with Gasteiger partial charge in [0.25, 0.3) is 0 Å². The molecule has 1 heterocycles. The lowest BCUT2D eigenvalue weighted by molar-refractivity contribution is 0.182. The third kappa shape index (κ3) is 2.93. The summed E-state index contributed by atoms with van der Waals surface area (Å²) in [5.41, 5.74) is 0. The smallest absolute Gasteiger partial charge is 0.434 e. The predicted octanol–water partition coefficient (Wildman–Crippen LogP) is 1.88. The van der Waals surface area contributed by atoms with Crippen LogP contribution in [0.2, 0.25) is 0 Å². The maximum absolute atomic E-state index is 10.6. The van der Waals surface area contributed by atoms with Gasteiger partial charge in [0.05, 0.1) is 12.2 Å².